The Hall–Kier alpha value is -1.76. The Morgan fingerprint density at radius 2 is 2.00 bits per heavy atom. The summed E-state index contributed by atoms with van der Waals surface area (Å²) in [4.78, 5) is 4.71. The topological polar surface area (TPSA) is 57.4 Å². The summed E-state index contributed by atoms with van der Waals surface area (Å²) in [6.45, 7) is 7.31. The Morgan fingerprint density at radius 3 is 2.64 bits per heavy atom. The largest absolute Gasteiger partial charge is 0.384 e. The maximum Gasteiger partial charge on any atom is 0.146 e. The molecule has 0 aliphatic carbocycles. The van der Waals surface area contributed by atoms with E-state index in [4.69, 9.17) is 0 Å². The van der Waals surface area contributed by atoms with E-state index in [1.54, 1.807) is 0 Å². The minimum atomic E-state index is -0.824. The molecule has 0 saturated carbocycles. The van der Waals surface area contributed by atoms with E-state index in [-0.39, 0.29) is 0 Å². The quantitative estimate of drug-likeness (QED) is 0.862. The van der Waals surface area contributed by atoms with Crippen LogP contribution in [-0.4, -0.2) is 62.4 Å². The fourth-order valence-corrected chi connectivity index (χ4v) is 3.58. The summed E-state index contributed by atoms with van der Waals surface area (Å²) in [5.74, 6) is 1.94. The summed E-state index contributed by atoms with van der Waals surface area (Å²) in [5.41, 5.74) is 0.150. The number of β-amino-alcohol motifs (C(OH)–C–C–N with tert-alkyl or cyclic N) is 1. The summed E-state index contributed by atoms with van der Waals surface area (Å²) in [5, 5.41) is 19.3. The Kier molecular flexibility index (Phi) is 5.22. The lowest BCUT2D eigenvalue weighted by atomic mass is 9.95. The molecule has 2 aromatic rings. The predicted molar refractivity (Wildman–Crippen MR) is 98.1 cm³/mol. The van der Waals surface area contributed by atoms with Crippen LogP contribution in [0, 0.1) is 6.92 Å². The predicted octanol–water partition coefficient (Wildman–Crippen LogP) is 1.54. The van der Waals surface area contributed by atoms with Crippen LogP contribution < -0.4 is 0 Å². The van der Waals surface area contributed by atoms with Crippen LogP contribution >= 0.6 is 0 Å². The number of likely N-dealkylation sites (N-methyl/N-ethyl adjacent to an activating group) is 1. The first-order chi connectivity index (χ1) is 11.9. The second-order valence-corrected chi connectivity index (χ2v) is 7.46. The number of aryl methyl sites for hydroxylation is 1. The highest BCUT2D eigenvalue weighted by molar-refractivity contribution is 5.22. The number of benzene rings is 1. The van der Waals surface area contributed by atoms with Crippen LogP contribution in [0.3, 0.4) is 0 Å². The average Bonchev–Trinajstić information content (AvgIpc) is 3.17. The van der Waals surface area contributed by atoms with Crippen LogP contribution in [0.2, 0.25) is 0 Å². The number of hydrogen-bond acceptors (Lipinski definition) is 5. The Labute approximate surface area is 150 Å². The summed E-state index contributed by atoms with van der Waals surface area (Å²) in [7, 11) is 4.16. The van der Waals surface area contributed by atoms with E-state index in [1.807, 2.05) is 55.8 Å². The molecule has 1 aromatic carbocycles. The summed E-state index contributed by atoms with van der Waals surface area (Å²) in [6, 6.07) is 10.4. The molecule has 1 aliphatic rings. The van der Waals surface area contributed by atoms with Gasteiger partial charge in [-0.1, -0.05) is 30.3 Å². The molecule has 1 saturated heterocycles. The van der Waals surface area contributed by atoms with Gasteiger partial charge in [0.05, 0.1) is 12.1 Å². The molecule has 3 rings (SSSR count). The second kappa shape index (κ2) is 7.23. The molecule has 1 fully saturated rings. The molecule has 0 spiro atoms. The van der Waals surface area contributed by atoms with E-state index in [1.165, 1.54) is 0 Å². The maximum absolute atomic E-state index is 10.9. The normalized spacial score (nSPS) is 21.0. The van der Waals surface area contributed by atoms with Crippen molar-refractivity contribution in [2.75, 3.05) is 26.7 Å². The van der Waals surface area contributed by atoms with Crippen LogP contribution in [0.4, 0.5) is 0 Å². The standard InChI is InChI=1S/C19H29N5O/c1-15-20-21-18(23(15)4)13-22(3)17-10-11-24(12-17)14-19(2,25)16-8-6-5-7-9-16/h5-9,17,25H,10-14H2,1-4H3. The van der Waals surface area contributed by atoms with Gasteiger partial charge in [-0.05, 0) is 39.4 Å². The highest BCUT2D eigenvalue weighted by Gasteiger charge is 2.32. The fraction of sp³-hybridized carbons (Fsp3) is 0.579. The van der Waals surface area contributed by atoms with Gasteiger partial charge in [0.15, 0.2) is 0 Å². The Balaban J connectivity index is 1.57. The van der Waals surface area contributed by atoms with Crippen molar-refractivity contribution < 1.29 is 5.11 Å². The number of hydrogen-bond donors (Lipinski definition) is 1. The van der Waals surface area contributed by atoms with Crippen LogP contribution in [0.5, 0.6) is 0 Å². The Bertz CT molecular complexity index is 697. The third-order valence-corrected chi connectivity index (χ3v) is 5.37. The zero-order valence-electron chi connectivity index (χ0n) is 15.7. The number of likely N-dealkylation sites (tertiary alicyclic amines) is 1. The molecule has 2 atom stereocenters. The molecule has 1 N–H and O–H groups in total. The molecule has 0 bridgehead atoms. The first kappa shape index (κ1) is 18.0. The lowest BCUT2D eigenvalue weighted by Crippen LogP contribution is -2.40. The van der Waals surface area contributed by atoms with E-state index < -0.39 is 5.60 Å². The number of aromatic nitrogens is 3. The third kappa shape index (κ3) is 4.08. The van der Waals surface area contributed by atoms with Crippen molar-refractivity contribution in [1.29, 1.82) is 0 Å². The smallest absolute Gasteiger partial charge is 0.146 e. The zero-order chi connectivity index (χ0) is 18.0. The average molecular weight is 343 g/mol. The second-order valence-electron chi connectivity index (χ2n) is 7.46. The molecule has 6 nitrogen and oxygen atoms in total. The van der Waals surface area contributed by atoms with Crippen molar-refractivity contribution in [2.45, 2.75) is 38.5 Å². The van der Waals surface area contributed by atoms with Gasteiger partial charge in [0.2, 0.25) is 0 Å². The van der Waals surface area contributed by atoms with Gasteiger partial charge in [-0.3, -0.25) is 9.80 Å². The monoisotopic (exact) mass is 343 g/mol. The van der Waals surface area contributed by atoms with Crippen molar-refractivity contribution in [3.8, 4) is 0 Å². The van der Waals surface area contributed by atoms with Crippen LogP contribution in [0.15, 0.2) is 30.3 Å². The molecule has 2 heterocycles. The van der Waals surface area contributed by atoms with Gasteiger partial charge in [0.25, 0.3) is 0 Å². The van der Waals surface area contributed by atoms with E-state index in [0.717, 1.165) is 43.3 Å². The van der Waals surface area contributed by atoms with Crippen molar-refractivity contribution >= 4 is 0 Å². The lowest BCUT2D eigenvalue weighted by molar-refractivity contribution is 0.0208. The molecule has 1 aliphatic heterocycles. The van der Waals surface area contributed by atoms with Gasteiger partial charge < -0.3 is 9.67 Å². The molecular formula is C19H29N5O. The van der Waals surface area contributed by atoms with Crippen molar-refractivity contribution in [3.63, 3.8) is 0 Å². The minimum Gasteiger partial charge on any atom is -0.384 e. The highest BCUT2D eigenvalue weighted by Crippen LogP contribution is 2.25. The molecular weight excluding hydrogens is 314 g/mol. The van der Waals surface area contributed by atoms with E-state index in [2.05, 4.69) is 27.0 Å². The molecule has 0 amide bonds. The SMILES string of the molecule is Cc1nnc(CN(C)C2CCN(CC(C)(O)c3ccccc3)C2)n1C. The van der Waals surface area contributed by atoms with Gasteiger partial charge in [0, 0.05) is 26.2 Å². The number of nitrogens with zero attached hydrogens (tertiary/aromatic N) is 5. The third-order valence-electron chi connectivity index (χ3n) is 5.37. The molecule has 136 valence electrons. The highest BCUT2D eigenvalue weighted by atomic mass is 16.3. The van der Waals surface area contributed by atoms with E-state index in [9.17, 15) is 5.11 Å². The minimum absolute atomic E-state index is 0.476. The van der Waals surface area contributed by atoms with Gasteiger partial charge in [-0.2, -0.15) is 0 Å². The molecule has 0 radical (unpaired) electrons. The fourth-order valence-electron chi connectivity index (χ4n) is 3.58. The van der Waals surface area contributed by atoms with Crippen molar-refractivity contribution in [3.05, 3.63) is 47.5 Å². The van der Waals surface area contributed by atoms with Crippen LogP contribution in [-0.2, 0) is 19.2 Å². The molecule has 2 unspecified atom stereocenters. The van der Waals surface area contributed by atoms with Gasteiger partial charge in [0.1, 0.15) is 11.6 Å². The van der Waals surface area contributed by atoms with Gasteiger partial charge >= 0.3 is 0 Å². The first-order valence-electron chi connectivity index (χ1n) is 8.92. The number of rotatable bonds is 6. The summed E-state index contributed by atoms with van der Waals surface area (Å²) < 4.78 is 2.05. The molecule has 6 heteroatoms. The lowest BCUT2D eigenvalue weighted by Gasteiger charge is -2.30. The summed E-state index contributed by atoms with van der Waals surface area (Å²) in [6.07, 6.45) is 1.11. The van der Waals surface area contributed by atoms with Crippen LogP contribution in [0.1, 0.15) is 30.6 Å². The molecule has 1 aromatic heterocycles. The van der Waals surface area contributed by atoms with Crippen LogP contribution in [0.25, 0.3) is 0 Å². The van der Waals surface area contributed by atoms with Crippen molar-refractivity contribution in [2.24, 2.45) is 7.05 Å². The van der Waals surface area contributed by atoms with Crippen molar-refractivity contribution in [1.82, 2.24) is 24.6 Å². The van der Waals surface area contributed by atoms with Gasteiger partial charge in [-0.25, -0.2) is 0 Å². The molecule has 25 heavy (non-hydrogen) atoms. The first-order valence-corrected chi connectivity index (χ1v) is 8.92. The van der Waals surface area contributed by atoms with E-state index >= 15 is 0 Å². The van der Waals surface area contributed by atoms with Gasteiger partial charge in [-0.15, -0.1) is 10.2 Å². The Morgan fingerprint density at radius 1 is 1.28 bits per heavy atom. The zero-order valence-corrected chi connectivity index (χ0v) is 15.7. The maximum atomic E-state index is 10.9. The van der Waals surface area contributed by atoms with E-state index in [0.29, 0.717) is 12.6 Å². The summed E-state index contributed by atoms with van der Waals surface area (Å²) >= 11 is 0. The number of aliphatic hydroxyl groups is 1.